The first kappa shape index (κ1) is 19.9. The number of aryl methyl sites for hydroxylation is 2. The number of pyridine rings is 1. The number of anilines is 1. The molecule has 28 heavy (non-hydrogen) atoms. The highest BCUT2D eigenvalue weighted by Crippen LogP contribution is 2.13. The van der Waals surface area contributed by atoms with E-state index in [4.69, 9.17) is 0 Å². The van der Waals surface area contributed by atoms with Crippen molar-refractivity contribution >= 4 is 17.6 Å². The summed E-state index contributed by atoms with van der Waals surface area (Å²) in [5.41, 5.74) is 2.36. The van der Waals surface area contributed by atoms with Crippen molar-refractivity contribution in [1.29, 1.82) is 0 Å². The number of nitrogens with one attached hydrogen (secondary N) is 2. The molecule has 2 amide bonds. The van der Waals surface area contributed by atoms with E-state index in [2.05, 4.69) is 20.7 Å². The fraction of sp³-hybridized carbons (Fsp3) is 0.500. The first-order valence-corrected chi connectivity index (χ1v) is 9.86. The van der Waals surface area contributed by atoms with Crippen molar-refractivity contribution in [2.75, 3.05) is 31.5 Å². The Bertz CT molecular complexity index is 832. The molecule has 0 atom stereocenters. The van der Waals surface area contributed by atoms with Crippen molar-refractivity contribution in [2.45, 2.75) is 39.7 Å². The number of hydrogen-bond acceptors (Lipinski definition) is 5. The summed E-state index contributed by atoms with van der Waals surface area (Å²) in [4.78, 5) is 31.7. The van der Waals surface area contributed by atoms with E-state index in [0.29, 0.717) is 25.2 Å². The lowest BCUT2D eigenvalue weighted by molar-refractivity contribution is -0.121. The second-order valence-corrected chi connectivity index (χ2v) is 6.93. The molecule has 3 heterocycles. The normalized spacial score (nSPS) is 16.1. The predicted molar refractivity (Wildman–Crippen MR) is 107 cm³/mol. The van der Waals surface area contributed by atoms with E-state index in [-0.39, 0.29) is 18.4 Å². The quantitative estimate of drug-likeness (QED) is 0.821. The molecule has 0 unspecified atom stereocenters. The van der Waals surface area contributed by atoms with Gasteiger partial charge in [-0.25, -0.2) is 4.98 Å². The molecule has 2 aromatic rings. The zero-order valence-electron chi connectivity index (χ0n) is 16.6. The largest absolute Gasteiger partial charge is 0.370 e. The van der Waals surface area contributed by atoms with E-state index in [0.717, 1.165) is 43.0 Å². The van der Waals surface area contributed by atoms with Gasteiger partial charge >= 0.3 is 0 Å². The maximum absolute atomic E-state index is 13.1. The van der Waals surface area contributed by atoms with Crippen LogP contribution in [0.3, 0.4) is 0 Å². The summed E-state index contributed by atoms with van der Waals surface area (Å²) in [6.07, 6.45) is 3.86. The van der Waals surface area contributed by atoms with Crippen LogP contribution in [0.1, 0.15) is 41.5 Å². The Morgan fingerprint density at radius 1 is 1.21 bits per heavy atom. The highest BCUT2D eigenvalue weighted by molar-refractivity contribution is 5.97. The van der Waals surface area contributed by atoms with E-state index >= 15 is 0 Å². The van der Waals surface area contributed by atoms with Gasteiger partial charge in [-0.3, -0.25) is 14.3 Å². The minimum Gasteiger partial charge on any atom is -0.370 e. The van der Waals surface area contributed by atoms with Crippen LogP contribution in [0.5, 0.6) is 0 Å². The van der Waals surface area contributed by atoms with Crippen LogP contribution < -0.4 is 10.6 Å². The molecule has 0 fully saturated rings. The molecular weight excluding hydrogens is 356 g/mol. The maximum atomic E-state index is 13.1. The van der Waals surface area contributed by atoms with Crippen molar-refractivity contribution in [3.8, 4) is 0 Å². The minimum absolute atomic E-state index is 0.0521. The van der Waals surface area contributed by atoms with Gasteiger partial charge in [-0.1, -0.05) is 6.07 Å². The number of aromatic nitrogens is 3. The summed E-state index contributed by atoms with van der Waals surface area (Å²) in [5.74, 6) is 0.557. The standard InChI is InChI=1S/C20H28N6O2/c1-3-26-15(2)17(13-23-26)20(28)25-12-5-8-16-7-4-9-18(24-16)21-10-6-11-22-19(27)14-25/h4,7,9,13H,3,5-6,8,10-12,14H2,1-2H3,(H,21,24)(H,22,27). The average molecular weight is 384 g/mol. The lowest BCUT2D eigenvalue weighted by Gasteiger charge is -2.22. The number of carbonyl (C=O) groups is 2. The van der Waals surface area contributed by atoms with Crippen LogP contribution >= 0.6 is 0 Å². The van der Waals surface area contributed by atoms with E-state index < -0.39 is 0 Å². The summed E-state index contributed by atoms with van der Waals surface area (Å²) in [5, 5.41) is 10.4. The van der Waals surface area contributed by atoms with Crippen LogP contribution in [0.15, 0.2) is 24.4 Å². The number of fused-ring (bicyclic) bond motifs is 2. The molecule has 8 nitrogen and oxygen atoms in total. The van der Waals surface area contributed by atoms with Gasteiger partial charge in [0, 0.05) is 37.6 Å². The summed E-state index contributed by atoms with van der Waals surface area (Å²) >= 11 is 0. The zero-order chi connectivity index (χ0) is 19.9. The van der Waals surface area contributed by atoms with Crippen LogP contribution in [0.2, 0.25) is 0 Å². The van der Waals surface area contributed by atoms with E-state index in [1.807, 2.05) is 32.0 Å². The number of nitrogens with zero attached hydrogens (tertiary/aromatic N) is 4. The van der Waals surface area contributed by atoms with Gasteiger partial charge < -0.3 is 15.5 Å². The van der Waals surface area contributed by atoms with Crippen LogP contribution in [0.4, 0.5) is 5.82 Å². The Balaban J connectivity index is 1.77. The maximum Gasteiger partial charge on any atom is 0.257 e. The first-order chi connectivity index (χ1) is 13.6. The highest BCUT2D eigenvalue weighted by atomic mass is 16.2. The van der Waals surface area contributed by atoms with E-state index in [1.54, 1.807) is 15.8 Å². The minimum atomic E-state index is -0.150. The van der Waals surface area contributed by atoms with Gasteiger partial charge in [0.05, 0.1) is 18.3 Å². The van der Waals surface area contributed by atoms with Crippen molar-refractivity contribution in [1.82, 2.24) is 25.0 Å². The van der Waals surface area contributed by atoms with Crippen LogP contribution in [0, 0.1) is 6.92 Å². The summed E-state index contributed by atoms with van der Waals surface area (Å²) in [6.45, 7) is 6.40. The SMILES string of the molecule is CCn1ncc(C(=O)N2CCCc3cccc(n3)NCCCNC(=O)C2)c1C. The Hall–Kier alpha value is -2.90. The number of carbonyl (C=O) groups excluding carboxylic acids is 2. The van der Waals surface area contributed by atoms with Gasteiger partial charge in [0.1, 0.15) is 5.82 Å². The molecule has 0 aromatic carbocycles. The Morgan fingerprint density at radius 3 is 2.82 bits per heavy atom. The second-order valence-electron chi connectivity index (χ2n) is 6.93. The van der Waals surface area contributed by atoms with Gasteiger partial charge in [0.2, 0.25) is 5.91 Å². The average Bonchev–Trinajstić information content (AvgIpc) is 3.06. The predicted octanol–water partition coefficient (Wildman–Crippen LogP) is 1.61. The van der Waals surface area contributed by atoms with Crippen molar-refractivity contribution < 1.29 is 9.59 Å². The van der Waals surface area contributed by atoms with Crippen molar-refractivity contribution in [3.63, 3.8) is 0 Å². The molecule has 0 spiro atoms. The third-order valence-electron chi connectivity index (χ3n) is 4.90. The van der Waals surface area contributed by atoms with Gasteiger partial charge in [0.15, 0.2) is 0 Å². The van der Waals surface area contributed by atoms with Crippen molar-refractivity contribution in [3.05, 3.63) is 41.3 Å². The van der Waals surface area contributed by atoms with Gasteiger partial charge in [-0.2, -0.15) is 5.10 Å². The lowest BCUT2D eigenvalue weighted by Crippen LogP contribution is -2.42. The van der Waals surface area contributed by atoms with Crippen LogP contribution in [0.25, 0.3) is 0 Å². The summed E-state index contributed by atoms with van der Waals surface area (Å²) in [6, 6.07) is 5.92. The van der Waals surface area contributed by atoms with Crippen LogP contribution in [-0.2, 0) is 17.8 Å². The lowest BCUT2D eigenvalue weighted by atomic mass is 10.1. The van der Waals surface area contributed by atoms with Crippen molar-refractivity contribution in [2.24, 2.45) is 0 Å². The third kappa shape index (κ3) is 4.88. The molecular formula is C20H28N6O2. The fourth-order valence-corrected chi connectivity index (χ4v) is 3.33. The third-order valence-corrected chi connectivity index (χ3v) is 4.90. The Labute approximate surface area is 165 Å². The second kappa shape index (κ2) is 9.34. The Kier molecular flexibility index (Phi) is 6.62. The smallest absolute Gasteiger partial charge is 0.257 e. The number of hydrogen-bond donors (Lipinski definition) is 2. The number of amides is 2. The van der Waals surface area contributed by atoms with E-state index in [9.17, 15) is 9.59 Å². The monoisotopic (exact) mass is 384 g/mol. The Morgan fingerprint density at radius 2 is 2.04 bits per heavy atom. The van der Waals surface area contributed by atoms with E-state index in [1.165, 1.54) is 0 Å². The molecule has 0 aliphatic carbocycles. The summed E-state index contributed by atoms with van der Waals surface area (Å²) < 4.78 is 1.79. The molecule has 0 saturated heterocycles. The van der Waals surface area contributed by atoms with Gasteiger partial charge in [0.25, 0.3) is 5.91 Å². The molecule has 150 valence electrons. The molecule has 0 radical (unpaired) electrons. The molecule has 0 saturated carbocycles. The van der Waals surface area contributed by atoms with Gasteiger partial charge in [-0.05, 0) is 45.2 Å². The molecule has 1 aliphatic rings. The molecule has 2 aromatic heterocycles. The number of rotatable bonds is 2. The molecule has 8 heteroatoms. The molecule has 2 N–H and O–H groups in total. The molecule has 3 rings (SSSR count). The molecule has 2 bridgehead atoms. The van der Waals surface area contributed by atoms with Gasteiger partial charge in [-0.15, -0.1) is 0 Å². The summed E-state index contributed by atoms with van der Waals surface area (Å²) in [7, 11) is 0. The zero-order valence-corrected chi connectivity index (χ0v) is 16.6. The van der Waals surface area contributed by atoms with Crippen LogP contribution in [-0.4, -0.2) is 57.7 Å². The highest BCUT2D eigenvalue weighted by Gasteiger charge is 2.22. The first-order valence-electron chi connectivity index (χ1n) is 9.86. The topological polar surface area (TPSA) is 92.2 Å². The fourth-order valence-electron chi connectivity index (χ4n) is 3.33. The molecule has 1 aliphatic heterocycles.